The van der Waals surface area contributed by atoms with Crippen LogP contribution >= 0.6 is 27.7 Å². The summed E-state index contributed by atoms with van der Waals surface area (Å²) in [5.41, 5.74) is 0.767. The molecule has 3 rings (SSSR count). The lowest BCUT2D eigenvalue weighted by atomic mass is 10.2. The van der Waals surface area contributed by atoms with Crippen LogP contribution in [0.15, 0.2) is 58.1 Å². The van der Waals surface area contributed by atoms with E-state index < -0.39 is 5.37 Å². The van der Waals surface area contributed by atoms with Crippen molar-refractivity contribution in [1.29, 1.82) is 0 Å². The number of halogens is 1. The van der Waals surface area contributed by atoms with Gasteiger partial charge in [-0.15, -0.1) is 5.10 Å². The van der Waals surface area contributed by atoms with E-state index in [0.29, 0.717) is 24.1 Å². The Kier molecular flexibility index (Phi) is 7.16. The van der Waals surface area contributed by atoms with E-state index in [1.165, 1.54) is 30.6 Å². The summed E-state index contributed by atoms with van der Waals surface area (Å²) in [6.07, 6.45) is 0. The van der Waals surface area contributed by atoms with E-state index in [-0.39, 0.29) is 11.8 Å². The molecule has 1 aliphatic heterocycles. The summed E-state index contributed by atoms with van der Waals surface area (Å²) < 4.78 is 12.4. The lowest BCUT2D eigenvalue weighted by molar-refractivity contribution is -0.129. The van der Waals surface area contributed by atoms with Crippen LogP contribution in [-0.2, 0) is 9.59 Å². The van der Waals surface area contributed by atoms with Gasteiger partial charge in [0.2, 0.25) is 11.8 Å². The van der Waals surface area contributed by atoms with Gasteiger partial charge in [0.05, 0.1) is 0 Å². The van der Waals surface area contributed by atoms with Crippen LogP contribution in [-0.4, -0.2) is 35.2 Å². The highest BCUT2D eigenvalue weighted by Gasteiger charge is 2.34. The molecule has 1 aliphatic rings. The van der Waals surface area contributed by atoms with Gasteiger partial charge in [0.1, 0.15) is 30.1 Å². The molecule has 1 heterocycles. The molecule has 29 heavy (non-hydrogen) atoms. The quantitative estimate of drug-likeness (QED) is 0.637. The molecule has 0 saturated carbocycles. The van der Waals surface area contributed by atoms with Gasteiger partial charge in [0.15, 0.2) is 5.17 Å². The number of rotatable bonds is 6. The first kappa shape index (κ1) is 21.2. The first-order chi connectivity index (χ1) is 13.9. The molecule has 0 spiro atoms. The van der Waals surface area contributed by atoms with Gasteiger partial charge in [-0.25, -0.2) is 5.01 Å². The van der Waals surface area contributed by atoms with E-state index in [1.807, 2.05) is 48.5 Å². The Morgan fingerprint density at radius 3 is 2.55 bits per heavy atom. The summed E-state index contributed by atoms with van der Waals surface area (Å²) in [5, 5.41) is 8.13. The molecule has 0 fully saturated rings. The maximum atomic E-state index is 12.1. The minimum absolute atomic E-state index is 0.235. The van der Waals surface area contributed by atoms with Crippen molar-refractivity contribution in [3.8, 4) is 11.5 Å². The number of nitrogens with one attached hydrogen (secondary N) is 1. The van der Waals surface area contributed by atoms with Crippen LogP contribution in [0.5, 0.6) is 11.5 Å². The third-order valence-electron chi connectivity index (χ3n) is 3.84. The summed E-state index contributed by atoms with van der Waals surface area (Å²) in [5.74, 6) is 0.910. The smallest absolute Gasteiger partial charge is 0.241 e. The fraction of sp³-hybridized carbons (Fsp3) is 0.250. The number of nitrogens with zero attached hydrogens (tertiary/aromatic N) is 2. The highest BCUT2D eigenvalue weighted by Crippen LogP contribution is 2.43. The van der Waals surface area contributed by atoms with Crippen LogP contribution < -0.4 is 14.8 Å². The predicted molar refractivity (Wildman–Crippen MR) is 116 cm³/mol. The lowest BCUT2D eigenvalue weighted by Crippen LogP contribution is -2.25. The van der Waals surface area contributed by atoms with Crippen molar-refractivity contribution in [2.45, 2.75) is 19.2 Å². The van der Waals surface area contributed by atoms with E-state index in [9.17, 15) is 9.59 Å². The molecule has 9 heteroatoms. The highest BCUT2D eigenvalue weighted by molar-refractivity contribution is 9.10. The number of amidine groups is 1. The number of hydrogen-bond acceptors (Lipinski definition) is 6. The molecule has 1 N–H and O–H groups in total. The number of amides is 2. The largest absolute Gasteiger partial charge is 0.490 e. The molecule has 1 unspecified atom stereocenters. The lowest BCUT2D eigenvalue weighted by Gasteiger charge is -2.22. The molecule has 0 radical (unpaired) electrons. The molecule has 7 nitrogen and oxygen atoms in total. The molecule has 0 saturated heterocycles. The fourth-order valence-corrected chi connectivity index (χ4v) is 4.17. The zero-order valence-corrected chi connectivity index (χ0v) is 18.3. The Balaban J connectivity index is 1.72. The summed E-state index contributed by atoms with van der Waals surface area (Å²) in [4.78, 5) is 23.5. The maximum Gasteiger partial charge on any atom is 0.241 e. The number of thioether (sulfide) groups is 1. The number of ether oxygens (including phenoxy) is 2. The zero-order chi connectivity index (χ0) is 20.8. The Bertz CT molecular complexity index is 923. The van der Waals surface area contributed by atoms with Gasteiger partial charge in [-0.3, -0.25) is 9.59 Å². The molecule has 2 aromatic rings. The minimum Gasteiger partial charge on any atom is -0.490 e. The molecule has 1 atom stereocenters. The van der Waals surface area contributed by atoms with Crippen molar-refractivity contribution in [2.24, 2.45) is 5.10 Å². The van der Waals surface area contributed by atoms with E-state index in [1.54, 1.807) is 0 Å². The van der Waals surface area contributed by atoms with Gasteiger partial charge in [0, 0.05) is 23.9 Å². The summed E-state index contributed by atoms with van der Waals surface area (Å²) >= 11 is 4.75. The second kappa shape index (κ2) is 9.80. The number of carbonyl (C=O) groups excluding carboxylic acids is 2. The molecular weight excluding hydrogens is 458 g/mol. The van der Waals surface area contributed by atoms with E-state index in [2.05, 4.69) is 26.3 Å². The maximum absolute atomic E-state index is 12.1. The number of carbonyl (C=O) groups is 2. The summed E-state index contributed by atoms with van der Waals surface area (Å²) in [7, 11) is 0. The van der Waals surface area contributed by atoms with E-state index in [4.69, 9.17) is 9.47 Å². The van der Waals surface area contributed by atoms with Crippen molar-refractivity contribution in [3.63, 3.8) is 0 Å². The number of hydrazone groups is 1. The first-order valence-corrected chi connectivity index (χ1v) is 10.5. The van der Waals surface area contributed by atoms with Gasteiger partial charge in [-0.1, -0.05) is 45.9 Å². The molecule has 2 amide bonds. The van der Waals surface area contributed by atoms with Crippen molar-refractivity contribution in [1.82, 2.24) is 10.3 Å². The standard InChI is InChI=1S/C20H20BrN3O4S/c1-13(25)22-20-23-24(14(2)26)19(29-20)17-12-15(21)8-9-18(17)28-11-10-27-16-6-4-3-5-7-16/h3-9,12,19H,10-11H2,1-2H3,(H,22,23,25). The molecule has 152 valence electrons. The SMILES string of the molecule is CC(=O)NC1=NN(C(C)=O)C(c2cc(Br)ccc2OCCOc2ccccc2)S1. The normalized spacial score (nSPS) is 15.6. The van der Waals surface area contributed by atoms with Crippen LogP contribution in [0, 0.1) is 0 Å². The van der Waals surface area contributed by atoms with E-state index in [0.717, 1.165) is 15.8 Å². The predicted octanol–water partition coefficient (Wildman–Crippen LogP) is 3.91. The van der Waals surface area contributed by atoms with Crippen molar-refractivity contribution < 1.29 is 19.1 Å². The van der Waals surface area contributed by atoms with Crippen LogP contribution in [0.4, 0.5) is 0 Å². The second-order valence-electron chi connectivity index (χ2n) is 6.11. The fourth-order valence-electron chi connectivity index (χ4n) is 2.64. The topological polar surface area (TPSA) is 80.2 Å². The Hall–Kier alpha value is -2.52. The third-order valence-corrected chi connectivity index (χ3v) is 5.42. The Labute approximate surface area is 181 Å². The van der Waals surface area contributed by atoms with Gasteiger partial charge in [-0.05, 0) is 30.3 Å². The van der Waals surface area contributed by atoms with Gasteiger partial charge in [0.25, 0.3) is 0 Å². The van der Waals surface area contributed by atoms with E-state index >= 15 is 0 Å². The number of benzene rings is 2. The van der Waals surface area contributed by atoms with Crippen molar-refractivity contribution in [3.05, 3.63) is 58.6 Å². The van der Waals surface area contributed by atoms with Crippen molar-refractivity contribution in [2.75, 3.05) is 13.2 Å². The third kappa shape index (κ3) is 5.74. The number of hydrogen-bond donors (Lipinski definition) is 1. The average molecular weight is 478 g/mol. The van der Waals surface area contributed by atoms with Crippen molar-refractivity contribution >= 4 is 44.7 Å². The zero-order valence-electron chi connectivity index (χ0n) is 15.9. The number of para-hydroxylation sites is 1. The van der Waals surface area contributed by atoms with Crippen LogP contribution in [0.2, 0.25) is 0 Å². The Morgan fingerprint density at radius 2 is 1.86 bits per heavy atom. The molecule has 0 aliphatic carbocycles. The molecular formula is C20H20BrN3O4S. The summed E-state index contributed by atoms with van der Waals surface area (Å²) in [6, 6.07) is 15.1. The first-order valence-electron chi connectivity index (χ1n) is 8.87. The molecule has 2 aromatic carbocycles. The highest BCUT2D eigenvalue weighted by atomic mass is 79.9. The average Bonchev–Trinajstić information content (AvgIpc) is 3.10. The van der Waals surface area contributed by atoms with Crippen LogP contribution in [0.1, 0.15) is 24.8 Å². The second-order valence-corrected chi connectivity index (χ2v) is 8.10. The van der Waals surface area contributed by atoms with Gasteiger partial charge < -0.3 is 14.8 Å². The van der Waals surface area contributed by atoms with Crippen LogP contribution in [0.3, 0.4) is 0 Å². The molecule has 0 bridgehead atoms. The van der Waals surface area contributed by atoms with Crippen LogP contribution in [0.25, 0.3) is 0 Å². The monoisotopic (exact) mass is 477 g/mol. The Morgan fingerprint density at radius 1 is 1.14 bits per heavy atom. The van der Waals surface area contributed by atoms with Gasteiger partial charge in [-0.2, -0.15) is 0 Å². The minimum atomic E-state index is -0.447. The van der Waals surface area contributed by atoms with Gasteiger partial charge >= 0.3 is 0 Å². The summed E-state index contributed by atoms with van der Waals surface area (Å²) in [6.45, 7) is 3.54. The molecule has 0 aromatic heterocycles.